The van der Waals surface area contributed by atoms with E-state index in [9.17, 15) is 5.11 Å². The standard InChI is InChI=1S/C38H43N13O/c39-23-7-8-24-40-33-46-34(48-36(47-33)43-29-9-3-1-4-10-29)41-25-21-27-13-17-31(18-14-27)45-38-50-35(42-26-22-28-15-19-32(52)20-16-28)49-37(51-38)44-30-11-5-2-6-12-30/h1-6,9-20,52H,7-8,21-26,39H2,(H3,40,41,43,46,47,48)(H3,42,44,45,49,50,51). The van der Waals surface area contributed by atoms with E-state index in [1.54, 1.807) is 12.1 Å². The molecule has 14 heteroatoms. The quantitative estimate of drug-likeness (QED) is 0.0430. The van der Waals surface area contributed by atoms with Crippen LogP contribution in [-0.2, 0) is 12.8 Å². The first-order valence-electron chi connectivity index (χ1n) is 17.3. The lowest BCUT2D eigenvalue weighted by atomic mass is 10.1. The summed E-state index contributed by atoms with van der Waals surface area (Å²) in [6, 6.07) is 34.8. The van der Waals surface area contributed by atoms with Crippen LogP contribution in [0, 0.1) is 0 Å². The van der Waals surface area contributed by atoms with Gasteiger partial charge in [-0.1, -0.05) is 60.7 Å². The Hall–Kier alpha value is -6.54. The molecule has 0 fully saturated rings. The van der Waals surface area contributed by atoms with E-state index in [-0.39, 0.29) is 5.75 Å². The number of nitrogens with one attached hydrogen (secondary N) is 6. The van der Waals surface area contributed by atoms with Crippen molar-refractivity contribution in [3.05, 3.63) is 120 Å². The van der Waals surface area contributed by atoms with Crippen molar-refractivity contribution in [2.24, 2.45) is 5.73 Å². The van der Waals surface area contributed by atoms with Crippen molar-refractivity contribution in [2.45, 2.75) is 25.7 Å². The number of hydrogen-bond donors (Lipinski definition) is 8. The highest BCUT2D eigenvalue weighted by atomic mass is 16.3. The molecule has 14 nitrogen and oxygen atoms in total. The van der Waals surface area contributed by atoms with E-state index >= 15 is 0 Å². The van der Waals surface area contributed by atoms with Crippen LogP contribution in [0.3, 0.4) is 0 Å². The van der Waals surface area contributed by atoms with Crippen molar-refractivity contribution in [1.82, 2.24) is 29.9 Å². The van der Waals surface area contributed by atoms with E-state index in [1.165, 1.54) is 0 Å². The van der Waals surface area contributed by atoms with Gasteiger partial charge in [-0.05, 0) is 91.9 Å². The minimum atomic E-state index is 0.244. The molecule has 0 aliphatic heterocycles. The average molecular weight is 698 g/mol. The summed E-state index contributed by atoms with van der Waals surface area (Å²) in [5.74, 6) is 2.93. The first kappa shape index (κ1) is 35.3. The molecule has 9 N–H and O–H groups in total. The third-order valence-corrected chi connectivity index (χ3v) is 7.78. The van der Waals surface area contributed by atoms with Gasteiger partial charge in [-0.2, -0.15) is 29.9 Å². The van der Waals surface area contributed by atoms with Crippen molar-refractivity contribution in [2.75, 3.05) is 58.1 Å². The van der Waals surface area contributed by atoms with E-state index in [4.69, 9.17) is 5.73 Å². The molecule has 6 rings (SSSR count). The number of rotatable bonds is 19. The number of aromatic hydroxyl groups is 1. The lowest BCUT2D eigenvalue weighted by Crippen LogP contribution is -2.14. The predicted molar refractivity (Wildman–Crippen MR) is 208 cm³/mol. The molecule has 0 saturated heterocycles. The topological polar surface area (TPSA) is 196 Å². The monoisotopic (exact) mass is 697 g/mol. The summed E-state index contributed by atoms with van der Waals surface area (Å²) in [5, 5.41) is 29.3. The fourth-order valence-electron chi connectivity index (χ4n) is 5.11. The molecule has 266 valence electrons. The van der Waals surface area contributed by atoms with E-state index in [0.717, 1.165) is 60.4 Å². The molecular formula is C38H43N13O. The van der Waals surface area contributed by atoms with Gasteiger partial charge < -0.3 is 42.7 Å². The molecule has 0 spiro atoms. The Labute approximate surface area is 302 Å². The van der Waals surface area contributed by atoms with Gasteiger partial charge in [0.25, 0.3) is 0 Å². The molecule has 2 heterocycles. The van der Waals surface area contributed by atoms with Crippen molar-refractivity contribution >= 4 is 52.8 Å². The number of nitrogens with zero attached hydrogens (tertiary/aromatic N) is 6. The van der Waals surface area contributed by atoms with Crippen molar-refractivity contribution < 1.29 is 5.11 Å². The highest BCUT2D eigenvalue weighted by Crippen LogP contribution is 2.20. The average Bonchev–Trinajstić information content (AvgIpc) is 3.16. The number of hydrogen-bond acceptors (Lipinski definition) is 14. The molecular weight excluding hydrogens is 655 g/mol. The first-order valence-corrected chi connectivity index (χ1v) is 17.3. The smallest absolute Gasteiger partial charge is 0.233 e. The molecule has 0 saturated carbocycles. The number of phenols is 1. The van der Waals surface area contributed by atoms with Crippen LogP contribution in [0.4, 0.5) is 52.8 Å². The van der Waals surface area contributed by atoms with E-state index in [0.29, 0.717) is 55.3 Å². The lowest BCUT2D eigenvalue weighted by molar-refractivity contribution is 0.475. The number of unbranched alkanes of at least 4 members (excludes halogenated alkanes) is 1. The van der Waals surface area contributed by atoms with Crippen LogP contribution in [0.2, 0.25) is 0 Å². The van der Waals surface area contributed by atoms with E-state index in [2.05, 4.69) is 73.9 Å². The van der Waals surface area contributed by atoms with Gasteiger partial charge in [0.2, 0.25) is 35.7 Å². The molecule has 0 aliphatic rings. The Morgan fingerprint density at radius 1 is 0.423 bits per heavy atom. The Kier molecular flexibility index (Phi) is 12.5. The van der Waals surface area contributed by atoms with Crippen molar-refractivity contribution in [3.63, 3.8) is 0 Å². The Morgan fingerprint density at radius 3 is 1.27 bits per heavy atom. The Morgan fingerprint density at radius 2 is 0.808 bits per heavy atom. The van der Waals surface area contributed by atoms with Crippen LogP contribution in [0.1, 0.15) is 24.0 Å². The molecule has 2 aromatic heterocycles. The maximum absolute atomic E-state index is 9.58. The maximum atomic E-state index is 9.58. The van der Waals surface area contributed by atoms with Crippen molar-refractivity contribution in [3.8, 4) is 5.75 Å². The third-order valence-electron chi connectivity index (χ3n) is 7.78. The van der Waals surface area contributed by atoms with Crippen molar-refractivity contribution in [1.29, 1.82) is 0 Å². The normalized spacial score (nSPS) is 10.7. The van der Waals surface area contributed by atoms with Crippen LogP contribution < -0.4 is 37.6 Å². The van der Waals surface area contributed by atoms with Gasteiger partial charge in [0.15, 0.2) is 0 Å². The second kappa shape index (κ2) is 18.5. The zero-order valence-corrected chi connectivity index (χ0v) is 28.8. The van der Waals surface area contributed by atoms with Gasteiger partial charge in [-0.25, -0.2) is 0 Å². The summed E-state index contributed by atoms with van der Waals surface area (Å²) >= 11 is 0. The van der Waals surface area contributed by atoms with Crippen LogP contribution in [0.25, 0.3) is 0 Å². The van der Waals surface area contributed by atoms with Gasteiger partial charge in [0, 0.05) is 36.7 Å². The van der Waals surface area contributed by atoms with Crippen LogP contribution >= 0.6 is 0 Å². The van der Waals surface area contributed by atoms with E-state index in [1.807, 2.05) is 84.9 Å². The van der Waals surface area contributed by atoms with Crippen LogP contribution in [-0.4, -0.2) is 61.2 Å². The van der Waals surface area contributed by atoms with Crippen LogP contribution in [0.5, 0.6) is 5.75 Å². The number of benzene rings is 4. The Balaban J connectivity index is 1.07. The summed E-state index contributed by atoms with van der Waals surface area (Å²) < 4.78 is 0. The molecule has 0 bridgehead atoms. The third kappa shape index (κ3) is 11.2. The molecule has 0 unspecified atom stereocenters. The Bertz CT molecular complexity index is 1960. The van der Waals surface area contributed by atoms with Gasteiger partial charge in [0.05, 0.1) is 0 Å². The highest BCUT2D eigenvalue weighted by Gasteiger charge is 2.10. The summed E-state index contributed by atoms with van der Waals surface area (Å²) in [4.78, 5) is 27.5. The molecule has 0 amide bonds. The second-order valence-electron chi connectivity index (χ2n) is 11.9. The summed E-state index contributed by atoms with van der Waals surface area (Å²) in [5.41, 5.74) is 10.5. The number of nitrogens with two attached hydrogens (primary N) is 1. The minimum Gasteiger partial charge on any atom is -0.508 e. The largest absolute Gasteiger partial charge is 0.508 e. The highest BCUT2D eigenvalue weighted by molar-refractivity contribution is 5.60. The fraction of sp³-hybridized carbons (Fsp3) is 0.211. The summed E-state index contributed by atoms with van der Waals surface area (Å²) in [7, 11) is 0. The van der Waals surface area contributed by atoms with Gasteiger partial charge in [-0.15, -0.1) is 0 Å². The number of aromatic nitrogens is 6. The molecule has 6 aromatic rings. The first-order chi connectivity index (χ1) is 25.6. The van der Waals surface area contributed by atoms with Gasteiger partial charge in [0.1, 0.15) is 5.75 Å². The minimum absolute atomic E-state index is 0.244. The fourth-order valence-corrected chi connectivity index (χ4v) is 5.11. The number of anilines is 9. The lowest BCUT2D eigenvalue weighted by Gasteiger charge is -2.12. The number of phenolic OH excluding ortho intramolecular Hbond substituents is 1. The van der Waals surface area contributed by atoms with Gasteiger partial charge >= 0.3 is 0 Å². The van der Waals surface area contributed by atoms with Crippen LogP contribution in [0.15, 0.2) is 109 Å². The number of para-hydroxylation sites is 2. The SMILES string of the molecule is NCCCCNc1nc(NCCc2ccc(Nc3nc(NCCc4ccc(O)cc4)nc(Nc4ccccc4)n3)cc2)nc(Nc2ccccc2)n1. The van der Waals surface area contributed by atoms with E-state index < -0.39 is 0 Å². The maximum Gasteiger partial charge on any atom is 0.233 e. The predicted octanol–water partition coefficient (Wildman–Crippen LogP) is 6.45. The zero-order valence-electron chi connectivity index (χ0n) is 28.8. The zero-order chi connectivity index (χ0) is 35.8. The molecule has 0 aliphatic carbocycles. The van der Waals surface area contributed by atoms with Gasteiger partial charge in [-0.3, -0.25) is 0 Å². The summed E-state index contributed by atoms with van der Waals surface area (Å²) in [6.45, 7) is 2.59. The molecule has 4 aromatic carbocycles. The second-order valence-corrected chi connectivity index (χ2v) is 11.9. The molecule has 0 atom stereocenters. The summed E-state index contributed by atoms with van der Waals surface area (Å²) in [6.07, 6.45) is 3.34. The molecule has 0 radical (unpaired) electrons. The molecule has 52 heavy (non-hydrogen) atoms.